The normalized spacial score (nSPS) is 11.7. The molecule has 1 aromatic carbocycles. The number of methoxy groups -OCH3 is 1. The number of ether oxygens (including phenoxy) is 1. The molecule has 0 aliphatic carbocycles. The highest BCUT2D eigenvalue weighted by atomic mass is 32.2. The van der Waals surface area contributed by atoms with Crippen LogP contribution in [0.3, 0.4) is 0 Å². The van der Waals surface area contributed by atoms with Crippen molar-refractivity contribution in [1.82, 2.24) is 4.72 Å². The average molecular weight is 286 g/mol. The summed E-state index contributed by atoms with van der Waals surface area (Å²) in [6.45, 7) is 2.86. The molecule has 0 bridgehead atoms. The Labute approximate surface area is 115 Å². The molecule has 108 valence electrons. The molecule has 0 heterocycles. The molecule has 0 radical (unpaired) electrons. The number of sulfonamides is 1. The number of unbranched alkanes of at least 4 members (excludes halogenated alkanes) is 2. The molecule has 0 saturated heterocycles. The fourth-order valence-corrected chi connectivity index (χ4v) is 3.30. The van der Waals surface area contributed by atoms with Gasteiger partial charge in [-0.2, -0.15) is 0 Å². The fourth-order valence-electron chi connectivity index (χ4n) is 1.87. The van der Waals surface area contributed by atoms with Crippen molar-refractivity contribution in [2.24, 2.45) is 0 Å². The number of hydrogen-bond donors (Lipinski definition) is 2. The topological polar surface area (TPSA) is 81.4 Å². The van der Waals surface area contributed by atoms with E-state index in [1.54, 1.807) is 32.2 Å². The number of benzene rings is 1. The molecular formula is C13H22N2O3S. The van der Waals surface area contributed by atoms with E-state index in [2.05, 4.69) is 4.72 Å². The first-order valence-corrected chi connectivity index (χ1v) is 7.81. The van der Waals surface area contributed by atoms with Gasteiger partial charge in [0.05, 0.1) is 5.69 Å². The van der Waals surface area contributed by atoms with Crippen LogP contribution in [-0.4, -0.2) is 28.7 Å². The molecule has 0 unspecified atom stereocenters. The first kappa shape index (κ1) is 15.9. The lowest BCUT2D eigenvalue weighted by Crippen LogP contribution is -2.26. The van der Waals surface area contributed by atoms with Gasteiger partial charge in [-0.15, -0.1) is 0 Å². The first-order chi connectivity index (χ1) is 8.99. The molecule has 0 fully saturated rings. The van der Waals surface area contributed by atoms with E-state index in [9.17, 15) is 8.42 Å². The van der Waals surface area contributed by atoms with Crippen LogP contribution < -0.4 is 10.5 Å². The Bertz CT molecular complexity index is 480. The lowest BCUT2D eigenvalue weighted by atomic mass is 10.2. The van der Waals surface area contributed by atoms with Gasteiger partial charge in [0.25, 0.3) is 0 Å². The lowest BCUT2D eigenvalue weighted by Gasteiger charge is -2.11. The summed E-state index contributed by atoms with van der Waals surface area (Å²) in [5.74, 6) is 0. The number of nitrogens with two attached hydrogens (primary N) is 1. The maximum absolute atomic E-state index is 12.1. The lowest BCUT2D eigenvalue weighted by molar-refractivity contribution is 0.192. The summed E-state index contributed by atoms with van der Waals surface area (Å²) in [5, 5.41) is 0. The van der Waals surface area contributed by atoms with Crippen LogP contribution in [-0.2, 0) is 14.8 Å². The van der Waals surface area contributed by atoms with Crippen LogP contribution in [0.25, 0.3) is 0 Å². The maximum atomic E-state index is 12.1. The zero-order valence-corrected chi connectivity index (χ0v) is 12.3. The van der Waals surface area contributed by atoms with Gasteiger partial charge in [0.15, 0.2) is 0 Å². The van der Waals surface area contributed by atoms with Crippen LogP contribution >= 0.6 is 0 Å². The van der Waals surface area contributed by atoms with E-state index in [0.29, 0.717) is 18.7 Å². The number of rotatable bonds is 8. The number of nitrogen functional groups attached to an aromatic ring is 1. The number of hydrogen-bond acceptors (Lipinski definition) is 4. The van der Waals surface area contributed by atoms with Crippen molar-refractivity contribution in [2.45, 2.75) is 31.1 Å². The largest absolute Gasteiger partial charge is 0.398 e. The SMILES string of the molecule is COCCCCCNS(=O)(=O)c1c(C)cccc1N. The highest BCUT2D eigenvalue weighted by Gasteiger charge is 2.18. The van der Waals surface area contributed by atoms with Crippen molar-refractivity contribution >= 4 is 15.7 Å². The van der Waals surface area contributed by atoms with Crippen LogP contribution in [0.1, 0.15) is 24.8 Å². The number of nitrogens with one attached hydrogen (secondary N) is 1. The van der Waals surface area contributed by atoms with Gasteiger partial charge in [-0.05, 0) is 37.8 Å². The zero-order chi connectivity index (χ0) is 14.3. The molecule has 0 aliphatic rings. The van der Waals surface area contributed by atoms with Gasteiger partial charge in [-0.25, -0.2) is 13.1 Å². The minimum atomic E-state index is -3.52. The summed E-state index contributed by atoms with van der Waals surface area (Å²) < 4.78 is 31.8. The molecule has 0 aromatic heterocycles. The van der Waals surface area contributed by atoms with E-state index < -0.39 is 10.0 Å². The van der Waals surface area contributed by atoms with E-state index in [-0.39, 0.29) is 10.6 Å². The standard InChI is InChI=1S/C13H22N2O3S/c1-11-7-6-8-12(14)13(11)19(16,17)15-9-4-3-5-10-18-2/h6-8,15H,3-5,9-10,14H2,1-2H3. The van der Waals surface area contributed by atoms with Gasteiger partial charge >= 0.3 is 0 Å². The summed E-state index contributed by atoms with van der Waals surface area (Å²) in [5.41, 5.74) is 6.69. The van der Waals surface area contributed by atoms with Crippen molar-refractivity contribution in [3.8, 4) is 0 Å². The molecule has 0 spiro atoms. The van der Waals surface area contributed by atoms with Crippen molar-refractivity contribution in [2.75, 3.05) is 26.0 Å². The maximum Gasteiger partial charge on any atom is 0.242 e. The van der Waals surface area contributed by atoms with Crippen LogP contribution in [0, 0.1) is 6.92 Å². The molecule has 19 heavy (non-hydrogen) atoms. The molecule has 0 saturated carbocycles. The summed E-state index contributed by atoms with van der Waals surface area (Å²) in [6, 6.07) is 5.08. The van der Waals surface area contributed by atoms with Gasteiger partial charge in [-0.1, -0.05) is 12.1 Å². The highest BCUT2D eigenvalue weighted by molar-refractivity contribution is 7.89. The molecule has 1 rings (SSSR count). The first-order valence-electron chi connectivity index (χ1n) is 6.32. The van der Waals surface area contributed by atoms with Gasteiger partial charge in [-0.3, -0.25) is 0 Å². The van der Waals surface area contributed by atoms with Gasteiger partial charge in [0.2, 0.25) is 10.0 Å². The molecule has 6 heteroatoms. The van der Waals surface area contributed by atoms with Crippen molar-refractivity contribution in [1.29, 1.82) is 0 Å². The Kier molecular flexibility index (Phi) is 6.27. The minimum absolute atomic E-state index is 0.187. The van der Waals surface area contributed by atoms with Gasteiger partial charge in [0.1, 0.15) is 4.90 Å². The minimum Gasteiger partial charge on any atom is -0.398 e. The summed E-state index contributed by atoms with van der Waals surface area (Å²) in [4.78, 5) is 0.187. The molecule has 0 amide bonds. The van der Waals surface area contributed by atoms with Crippen LogP contribution in [0.4, 0.5) is 5.69 Å². The van der Waals surface area contributed by atoms with E-state index in [4.69, 9.17) is 10.5 Å². The Morgan fingerprint density at radius 2 is 2.00 bits per heavy atom. The fraction of sp³-hybridized carbons (Fsp3) is 0.538. The van der Waals surface area contributed by atoms with E-state index in [0.717, 1.165) is 19.3 Å². The predicted molar refractivity (Wildman–Crippen MR) is 76.5 cm³/mol. The van der Waals surface area contributed by atoms with Crippen molar-refractivity contribution in [3.05, 3.63) is 23.8 Å². The van der Waals surface area contributed by atoms with Gasteiger partial charge < -0.3 is 10.5 Å². The molecule has 0 aliphatic heterocycles. The van der Waals surface area contributed by atoms with Gasteiger partial charge in [0, 0.05) is 20.3 Å². The van der Waals surface area contributed by atoms with Crippen LogP contribution in [0.2, 0.25) is 0 Å². The Hall–Kier alpha value is -1.11. The third-order valence-corrected chi connectivity index (χ3v) is 4.51. The number of anilines is 1. The molecule has 1 aromatic rings. The highest BCUT2D eigenvalue weighted by Crippen LogP contribution is 2.21. The molecule has 3 N–H and O–H groups in total. The zero-order valence-electron chi connectivity index (χ0n) is 11.5. The molecular weight excluding hydrogens is 264 g/mol. The van der Waals surface area contributed by atoms with Crippen LogP contribution in [0.5, 0.6) is 0 Å². The second kappa shape index (κ2) is 7.47. The van der Waals surface area contributed by atoms with Crippen molar-refractivity contribution < 1.29 is 13.2 Å². The van der Waals surface area contributed by atoms with E-state index >= 15 is 0 Å². The van der Waals surface area contributed by atoms with Crippen LogP contribution in [0.15, 0.2) is 23.1 Å². The van der Waals surface area contributed by atoms with Crippen molar-refractivity contribution in [3.63, 3.8) is 0 Å². The van der Waals surface area contributed by atoms with E-state index in [1.165, 1.54) is 0 Å². The van der Waals surface area contributed by atoms with E-state index in [1.807, 2.05) is 0 Å². The number of aryl methyl sites for hydroxylation is 1. The second-order valence-corrected chi connectivity index (χ2v) is 6.15. The Balaban J connectivity index is 2.57. The monoisotopic (exact) mass is 286 g/mol. The summed E-state index contributed by atoms with van der Waals surface area (Å²) in [7, 11) is -1.86. The Morgan fingerprint density at radius 3 is 2.63 bits per heavy atom. The average Bonchev–Trinajstić information content (AvgIpc) is 2.33. The summed E-state index contributed by atoms with van der Waals surface area (Å²) >= 11 is 0. The summed E-state index contributed by atoms with van der Waals surface area (Å²) in [6.07, 6.45) is 2.65. The molecule has 5 nitrogen and oxygen atoms in total. The quantitative estimate of drug-likeness (QED) is 0.562. The third-order valence-electron chi connectivity index (χ3n) is 2.83. The Morgan fingerprint density at radius 1 is 1.26 bits per heavy atom. The predicted octanol–water partition coefficient (Wildman–Crippen LogP) is 1.67. The smallest absolute Gasteiger partial charge is 0.242 e. The second-order valence-electron chi connectivity index (χ2n) is 4.44. The third kappa shape index (κ3) is 4.81. The molecule has 0 atom stereocenters.